The molecule has 0 spiro atoms. The Morgan fingerprint density at radius 1 is 1.16 bits per heavy atom. The number of aryl methyl sites for hydroxylation is 1. The number of hydrogen-bond donors (Lipinski definition) is 2. The summed E-state index contributed by atoms with van der Waals surface area (Å²) in [6.45, 7) is 4.36. The molecule has 2 N–H and O–H groups in total. The number of carbonyl (C=O) groups excluding carboxylic acids is 1. The number of aromatic nitrogens is 1. The van der Waals surface area contributed by atoms with E-state index in [9.17, 15) is 9.18 Å². The Morgan fingerprint density at radius 2 is 1.92 bits per heavy atom. The Kier molecular flexibility index (Phi) is 4.88. The van der Waals surface area contributed by atoms with Crippen molar-refractivity contribution in [3.63, 3.8) is 0 Å². The predicted molar refractivity (Wildman–Crippen MR) is 99.1 cm³/mol. The Bertz CT molecular complexity index is 868. The Labute approximate surface area is 147 Å². The third-order valence-electron chi connectivity index (χ3n) is 4.66. The summed E-state index contributed by atoms with van der Waals surface area (Å²) in [7, 11) is 0. The van der Waals surface area contributed by atoms with Gasteiger partial charge in [0.05, 0.1) is 5.41 Å². The minimum Gasteiger partial charge on any atom is -0.361 e. The molecule has 0 unspecified atom stereocenters. The monoisotopic (exact) mass is 338 g/mol. The van der Waals surface area contributed by atoms with Crippen molar-refractivity contribution >= 4 is 16.8 Å². The lowest BCUT2D eigenvalue weighted by Crippen LogP contribution is -2.40. The molecular weight excluding hydrogens is 315 g/mol. The molecule has 1 heterocycles. The van der Waals surface area contributed by atoms with Crippen LogP contribution in [0.3, 0.4) is 0 Å². The first-order valence-electron chi connectivity index (χ1n) is 8.58. The first-order chi connectivity index (χ1) is 12.0. The van der Waals surface area contributed by atoms with Crippen molar-refractivity contribution in [1.29, 1.82) is 0 Å². The zero-order valence-corrected chi connectivity index (χ0v) is 14.6. The first-order valence-corrected chi connectivity index (χ1v) is 8.58. The van der Waals surface area contributed by atoms with Gasteiger partial charge in [-0.05, 0) is 56.0 Å². The number of halogens is 1. The summed E-state index contributed by atoms with van der Waals surface area (Å²) in [5.41, 5.74) is 2.17. The molecule has 2 aromatic carbocycles. The number of carbonyl (C=O) groups is 1. The molecule has 0 fully saturated rings. The van der Waals surface area contributed by atoms with Gasteiger partial charge in [0.25, 0.3) is 0 Å². The van der Waals surface area contributed by atoms with Gasteiger partial charge >= 0.3 is 0 Å². The van der Waals surface area contributed by atoms with E-state index in [1.54, 1.807) is 12.3 Å². The van der Waals surface area contributed by atoms with Crippen LogP contribution in [-0.4, -0.2) is 17.4 Å². The highest BCUT2D eigenvalue weighted by Crippen LogP contribution is 2.31. The fourth-order valence-electron chi connectivity index (χ4n) is 3.09. The topological polar surface area (TPSA) is 44.9 Å². The fraction of sp³-hybridized carbons (Fsp3) is 0.286. The first kappa shape index (κ1) is 17.2. The van der Waals surface area contributed by atoms with E-state index in [-0.39, 0.29) is 11.7 Å². The molecule has 1 amide bonds. The number of benzene rings is 2. The standard InChI is InChI=1S/C21H23FN2O/c1-21(2,18-14-24-19-11-10-16(22)13-17(18)19)20(25)23-12-6-9-15-7-4-3-5-8-15/h3-5,7-8,10-11,13-14,24H,6,9,12H2,1-2H3,(H,23,25). The second-order valence-corrected chi connectivity index (χ2v) is 6.86. The van der Waals surface area contributed by atoms with Crippen molar-refractivity contribution in [2.75, 3.05) is 6.54 Å². The second kappa shape index (κ2) is 7.09. The van der Waals surface area contributed by atoms with Crippen molar-refractivity contribution in [3.05, 3.63) is 71.7 Å². The van der Waals surface area contributed by atoms with Crippen molar-refractivity contribution in [2.24, 2.45) is 0 Å². The summed E-state index contributed by atoms with van der Waals surface area (Å²) >= 11 is 0. The summed E-state index contributed by atoms with van der Waals surface area (Å²) < 4.78 is 13.6. The molecule has 3 rings (SSSR count). The molecule has 4 heteroatoms. The highest BCUT2D eigenvalue weighted by Gasteiger charge is 2.32. The summed E-state index contributed by atoms with van der Waals surface area (Å²) in [6, 6.07) is 14.8. The lowest BCUT2D eigenvalue weighted by Gasteiger charge is -2.23. The minimum absolute atomic E-state index is 0.0503. The van der Waals surface area contributed by atoms with E-state index in [2.05, 4.69) is 22.4 Å². The van der Waals surface area contributed by atoms with E-state index in [4.69, 9.17) is 0 Å². The number of rotatable bonds is 6. The highest BCUT2D eigenvalue weighted by atomic mass is 19.1. The van der Waals surface area contributed by atoms with E-state index >= 15 is 0 Å². The molecular formula is C21H23FN2O. The third-order valence-corrected chi connectivity index (χ3v) is 4.66. The van der Waals surface area contributed by atoms with Crippen molar-refractivity contribution < 1.29 is 9.18 Å². The average molecular weight is 338 g/mol. The van der Waals surface area contributed by atoms with Crippen LogP contribution in [0.4, 0.5) is 4.39 Å². The summed E-state index contributed by atoms with van der Waals surface area (Å²) in [4.78, 5) is 15.8. The van der Waals surface area contributed by atoms with Crippen LogP contribution >= 0.6 is 0 Å². The molecule has 0 aliphatic heterocycles. The maximum absolute atomic E-state index is 13.6. The maximum Gasteiger partial charge on any atom is 0.230 e. The molecule has 0 atom stereocenters. The molecule has 3 nitrogen and oxygen atoms in total. The van der Waals surface area contributed by atoms with E-state index < -0.39 is 5.41 Å². The minimum atomic E-state index is -0.737. The Balaban J connectivity index is 1.64. The van der Waals surface area contributed by atoms with Gasteiger partial charge < -0.3 is 10.3 Å². The van der Waals surface area contributed by atoms with Crippen LogP contribution in [-0.2, 0) is 16.6 Å². The van der Waals surface area contributed by atoms with Crippen LogP contribution in [0.2, 0.25) is 0 Å². The number of amides is 1. The van der Waals surface area contributed by atoms with Gasteiger partial charge in [-0.25, -0.2) is 4.39 Å². The van der Waals surface area contributed by atoms with Crippen molar-refractivity contribution in [2.45, 2.75) is 32.1 Å². The van der Waals surface area contributed by atoms with E-state index in [0.29, 0.717) is 6.54 Å². The van der Waals surface area contributed by atoms with Gasteiger partial charge in [-0.3, -0.25) is 4.79 Å². The number of fused-ring (bicyclic) bond motifs is 1. The summed E-state index contributed by atoms with van der Waals surface area (Å²) in [5, 5.41) is 3.77. The van der Waals surface area contributed by atoms with Gasteiger partial charge in [-0.1, -0.05) is 30.3 Å². The van der Waals surface area contributed by atoms with Gasteiger partial charge in [-0.2, -0.15) is 0 Å². The average Bonchev–Trinajstić information content (AvgIpc) is 3.03. The lowest BCUT2D eigenvalue weighted by atomic mass is 9.83. The molecule has 0 radical (unpaired) electrons. The molecule has 0 aliphatic carbocycles. The third kappa shape index (κ3) is 3.73. The summed E-state index contributed by atoms with van der Waals surface area (Å²) in [5.74, 6) is -0.349. The highest BCUT2D eigenvalue weighted by molar-refractivity contribution is 5.94. The zero-order valence-electron chi connectivity index (χ0n) is 14.6. The Hall–Kier alpha value is -2.62. The smallest absolute Gasteiger partial charge is 0.230 e. The number of nitrogens with one attached hydrogen (secondary N) is 2. The second-order valence-electron chi connectivity index (χ2n) is 6.86. The molecule has 1 aromatic heterocycles. The van der Waals surface area contributed by atoms with Crippen LogP contribution in [0, 0.1) is 5.82 Å². The molecule has 3 aromatic rings. The summed E-state index contributed by atoms with van der Waals surface area (Å²) in [6.07, 6.45) is 3.61. The van der Waals surface area contributed by atoms with Gasteiger partial charge in [-0.15, -0.1) is 0 Å². The fourth-order valence-corrected chi connectivity index (χ4v) is 3.09. The van der Waals surface area contributed by atoms with Gasteiger partial charge in [0, 0.05) is 23.6 Å². The lowest BCUT2D eigenvalue weighted by molar-refractivity contribution is -0.125. The van der Waals surface area contributed by atoms with Crippen LogP contribution in [0.1, 0.15) is 31.4 Å². The van der Waals surface area contributed by atoms with Gasteiger partial charge in [0.15, 0.2) is 0 Å². The van der Waals surface area contributed by atoms with E-state index in [0.717, 1.165) is 29.3 Å². The molecule has 130 valence electrons. The largest absolute Gasteiger partial charge is 0.361 e. The van der Waals surface area contributed by atoms with Crippen LogP contribution in [0.15, 0.2) is 54.7 Å². The zero-order chi connectivity index (χ0) is 17.9. The number of H-pyrrole nitrogens is 1. The molecule has 0 aliphatic rings. The molecule has 0 saturated carbocycles. The van der Waals surface area contributed by atoms with E-state index in [1.165, 1.54) is 17.7 Å². The van der Waals surface area contributed by atoms with Gasteiger partial charge in [0.1, 0.15) is 5.82 Å². The SMILES string of the molecule is CC(C)(C(=O)NCCCc1ccccc1)c1c[nH]c2ccc(F)cc12. The van der Waals surface area contributed by atoms with Gasteiger partial charge in [0.2, 0.25) is 5.91 Å². The van der Waals surface area contributed by atoms with Crippen LogP contribution in [0.5, 0.6) is 0 Å². The molecule has 0 bridgehead atoms. The number of aromatic amines is 1. The quantitative estimate of drug-likeness (QED) is 0.646. The Morgan fingerprint density at radius 3 is 2.68 bits per heavy atom. The van der Waals surface area contributed by atoms with E-state index in [1.807, 2.05) is 32.0 Å². The molecule has 25 heavy (non-hydrogen) atoms. The van der Waals surface area contributed by atoms with Crippen LogP contribution in [0.25, 0.3) is 10.9 Å². The molecule has 0 saturated heterocycles. The normalized spacial score (nSPS) is 11.6. The van der Waals surface area contributed by atoms with Crippen LogP contribution < -0.4 is 5.32 Å². The van der Waals surface area contributed by atoms with Crippen molar-refractivity contribution in [3.8, 4) is 0 Å². The maximum atomic E-state index is 13.6. The predicted octanol–water partition coefficient (Wildman–Crippen LogP) is 4.33. The number of hydrogen-bond acceptors (Lipinski definition) is 1. The van der Waals surface area contributed by atoms with Crippen molar-refractivity contribution in [1.82, 2.24) is 10.3 Å².